The molecule has 0 saturated carbocycles. The molecule has 0 bridgehead atoms. The molecule has 3 aromatic rings. The summed E-state index contributed by atoms with van der Waals surface area (Å²) >= 11 is 0. The van der Waals surface area contributed by atoms with Gasteiger partial charge in [0, 0.05) is 44.5 Å². The van der Waals surface area contributed by atoms with Crippen LogP contribution in [0.15, 0.2) is 54.9 Å². The van der Waals surface area contributed by atoms with Gasteiger partial charge in [0.15, 0.2) is 0 Å². The molecule has 0 amide bonds. The molecule has 0 N–H and O–H groups in total. The van der Waals surface area contributed by atoms with Crippen molar-refractivity contribution in [1.29, 1.82) is 0 Å². The summed E-state index contributed by atoms with van der Waals surface area (Å²) in [5.41, 5.74) is 6.16. The zero-order valence-electron chi connectivity index (χ0n) is 16.9. The first-order chi connectivity index (χ1) is 13.6. The van der Waals surface area contributed by atoms with E-state index in [2.05, 4.69) is 65.3 Å². The Balaban J connectivity index is 1.38. The molecule has 0 radical (unpaired) electrons. The van der Waals surface area contributed by atoms with Gasteiger partial charge in [-0.1, -0.05) is 18.2 Å². The quantitative estimate of drug-likeness (QED) is 0.678. The number of aryl methyl sites for hydroxylation is 2. The van der Waals surface area contributed by atoms with Gasteiger partial charge in [0.25, 0.3) is 0 Å². The van der Waals surface area contributed by atoms with Gasteiger partial charge in [0.2, 0.25) is 0 Å². The second-order valence-electron chi connectivity index (χ2n) is 7.50. The van der Waals surface area contributed by atoms with Crippen LogP contribution in [0.25, 0.3) is 5.69 Å². The van der Waals surface area contributed by atoms with E-state index in [0.717, 1.165) is 44.2 Å². The lowest BCUT2D eigenvalue weighted by atomic mass is 10.1. The van der Waals surface area contributed by atoms with E-state index in [1.807, 2.05) is 23.0 Å². The van der Waals surface area contributed by atoms with Crippen molar-refractivity contribution in [1.82, 2.24) is 14.7 Å². The van der Waals surface area contributed by atoms with Gasteiger partial charge < -0.3 is 9.64 Å². The van der Waals surface area contributed by atoms with Gasteiger partial charge in [-0.3, -0.25) is 4.90 Å². The monoisotopic (exact) mass is 376 g/mol. The largest absolute Gasteiger partial charge is 0.495 e. The van der Waals surface area contributed by atoms with Crippen LogP contribution in [0.1, 0.15) is 16.7 Å². The molecule has 0 unspecified atom stereocenters. The van der Waals surface area contributed by atoms with Crippen LogP contribution in [-0.4, -0.2) is 48.0 Å². The topological polar surface area (TPSA) is 33.5 Å². The Morgan fingerprint density at radius 1 is 0.964 bits per heavy atom. The van der Waals surface area contributed by atoms with E-state index in [1.54, 1.807) is 7.11 Å². The first-order valence-corrected chi connectivity index (χ1v) is 9.85. The Kier molecular flexibility index (Phi) is 5.35. The second-order valence-corrected chi connectivity index (χ2v) is 7.50. The third-order valence-electron chi connectivity index (χ3n) is 5.60. The zero-order valence-corrected chi connectivity index (χ0v) is 16.9. The van der Waals surface area contributed by atoms with Gasteiger partial charge in [-0.05, 0) is 49.2 Å². The van der Waals surface area contributed by atoms with E-state index >= 15 is 0 Å². The van der Waals surface area contributed by atoms with Crippen molar-refractivity contribution < 1.29 is 4.74 Å². The number of ether oxygens (including phenoxy) is 1. The van der Waals surface area contributed by atoms with Crippen LogP contribution >= 0.6 is 0 Å². The number of benzene rings is 2. The van der Waals surface area contributed by atoms with Crippen LogP contribution in [0.5, 0.6) is 5.75 Å². The number of aromatic nitrogens is 2. The van der Waals surface area contributed by atoms with Crippen LogP contribution in [-0.2, 0) is 6.54 Å². The molecule has 1 fully saturated rings. The van der Waals surface area contributed by atoms with Gasteiger partial charge in [0.1, 0.15) is 5.75 Å². The Bertz CT molecular complexity index is 941. The van der Waals surface area contributed by atoms with Crippen molar-refractivity contribution >= 4 is 5.69 Å². The summed E-state index contributed by atoms with van der Waals surface area (Å²) in [5.74, 6) is 0.950. The number of hydrogen-bond donors (Lipinski definition) is 0. The summed E-state index contributed by atoms with van der Waals surface area (Å²) < 4.78 is 7.49. The highest BCUT2D eigenvalue weighted by molar-refractivity contribution is 5.58. The predicted molar refractivity (Wildman–Crippen MR) is 114 cm³/mol. The number of rotatable bonds is 5. The van der Waals surface area contributed by atoms with E-state index in [9.17, 15) is 0 Å². The lowest BCUT2D eigenvalue weighted by Crippen LogP contribution is -2.46. The Morgan fingerprint density at radius 3 is 2.50 bits per heavy atom. The molecule has 5 nitrogen and oxygen atoms in total. The first-order valence-electron chi connectivity index (χ1n) is 9.85. The predicted octanol–water partition coefficient (Wildman–Crippen LogP) is 3.82. The van der Waals surface area contributed by atoms with Crippen molar-refractivity contribution in [2.45, 2.75) is 20.4 Å². The molecular weight excluding hydrogens is 348 g/mol. The van der Waals surface area contributed by atoms with E-state index < -0.39 is 0 Å². The average molecular weight is 377 g/mol. The maximum atomic E-state index is 5.52. The SMILES string of the molecule is COc1ccccc1N1CCN(Cc2cnn(-c3ccc(C)c(C)c3)c2)CC1. The van der Waals surface area contributed by atoms with E-state index in [0.29, 0.717) is 0 Å². The number of nitrogens with zero attached hydrogens (tertiary/aromatic N) is 4. The molecule has 28 heavy (non-hydrogen) atoms. The summed E-state index contributed by atoms with van der Waals surface area (Å²) in [4.78, 5) is 4.90. The molecule has 1 aliphatic heterocycles. The number of hydrogen-bond acceptors (Lipinski definition) is 4. The van der Waals surface area contributed by atoms with E-state index in [4.69, 9.17) is 4.74 Å². The lowest BCUT2D eigenvalue weighted by Gasteiger charge is -2.36. The fourth-order valence-corrected chi connectivity index (χ4v) is 3.75. The molecule has 5 heteroatoms. The molecule has 0 spiro atoms. The van der Waals surface area contributed by atoms with Crippen molar-refractivity contribution in [3.63, 3.8) is 0 Å². The highest BCUT2D eigenvalue weighted by Crippen LogP contribution is 2.28. The number of para-hydroxylation sites is 2. The molecule has 0 atom stereocenters. The van der Waals surface area contributed by atoms with Crippen LogP contribution in [0.4, 0.5) is 5.69 Å². The number of methoxy groups -OCH3 is 1. The normalized spacial score (nSPS) is 15.0. The van der Waals surface area contributed by atoms with Crippen LogP contribution in [0, 0.1) is 13.8 Å². The summed E-state index contributed by atoms with van der Waals surface area (Å²) in [6, 6.07) is 14.7. The van der Waals surface area contributed by atoms with Crippen molar-refractivity contribution in [2.24, 2.45) is 0 Å². The van der Waals surface area contributed by atoms with E-state index in [1.165, 1.54) is 22.4 Å². The molecule has 1 saturated heterocycles. The Hall–Kier alpha value is -2.79. The van der Waals surface area contributed by atoms with Gasteiger partial charge in [-0.15, -0.1) is 0 Å². The fourth-order valence-electron chi connectivity index (χ4n) is 3.75. The molecule has 2 aromatic carbocycles. The molecular formula is C23H28N4O. The molecule has 146 valence electrons. The smallest absolute Gasteiger partial charge is 0.142 e. The fraction of sp³-hybridized carbons (Fsp3) is 0.348. The van der Waals surface area contributed by atoms with E-state index in [-0.39, 0.29) is 0 Å². The lowest BCUT2D eigenvalue weighted by molar-refractivity contribution is 0.249. The summed E-state index contributed by atoms with van der Waals surface area (Å²) in [7, 11) is 1.74. The maximum Gasteiger partial charge on any atom is 0.142 e. The second kappa shape index (κ2) is 8.07. The van der Waals surface area contributed by atoms with Crippen LogP contribution in [0.3, 0.4) is 0 Å². The minimum Gasteiger partial charge on any atom is -0.495 e. The minimum atomic E-state index is 0.935. The third kappa shape index (κ3) is 3.90. The average Bonchev–Trinajstić information content (AvgIpc) is 3.19. The van der Waals surface area contributed by atoms with Crippen LogP contribution in [0.2, 0.25) is 0 Å². The third-order valence-corrected chi connectivity index (χ3v) is 5.60. The van der Waals surface area contributed by atoms with Gasteiger partial charge in [-0.25, -0.2) is 4.68 Å². The highest BCUT2D eigenvalue weighted by Gasteiger charge is 2.20. The minimum absolute atomic E-state index is 0.935. The van der Waals surface area contributed by atoms with Crippen molar-refractivity contribution in [3.8, 4) is 11.4 Å². The molecule has 2 heterocycles. The molecule has 1 aliphatic rings. The standard InChI is InChI=1S/C23H28N4O/c1-18-8-9-21(14-19(18)2)27-17-20(15-24-27)16-25-10-12-26(13-11-25)22-6-4-5-7-23(22)28-3/h4-9,14-15,17H,10-13,16H2,1-3H3. The van der Waals surface area contributed by atoms with Crippen molar-refractivity contribution in [2.75, 3.05) is 38.2 Å². The van der Waals surface area contributed by atoms with Gasteiger partial charge in [-0.2, -0.15) is 5.10 Å². The molecule has 0 aliphatic carbocycles. The summed E-state index contributed by atoms with van der Waals surface area (Å²) in [5, 5.41) is 4.57. The first kappa shape index (κ1) is 18.6. The molecule has 1 aromatic heterocycles. The summed E-state index contributed by atoms with van der Waals surface area (Å²) in [6.45, 7) is 9.30. The molecule has 4 rings (SSSR count). The zero-order chi connectivity index (χ0) is 19.5. The number of anilines is 1. The van der Waals surface area contributed by atoms with Crippen molar-refractivity contribution in [3.05, 3.63) is 71.5 Å². The Morgan fingerprint density at radius 2 is 1.75 bits per heavy atom. The maximum absolute atomic E-state index is 5.52. The van der Waals surface area contributed by atoms with Crippen LogP contribution < -0.4 is 9.64 Å². The Labute approximate surface area is 167 Å². The summed E-state index contributed by atoms with van der Waals surface area (Å²) in [6.07, 6.45) is 4.14. The van der Waals surface area contributed by atoms with Gasteiger partial charge in [0.05, 0.1) is 24.7 Å². The highest BCUT2D eigenvalue weighted by atomic mass is 16.5. The number of piperazine rings is 1. The van der Waals surface area contributed by atoms with Gasteiger partial charge >= 0.3 is 0 Å².